The van der Waals surface area contributed by atoms with E-state index in [9.17, 15) is 8.42 Å². The van der Waals surface area contributed by atoms with Crippen LogP contribution < -0.4 is 0 Å². The van der Waals surface area contributed by atoms with E-state index in [1.807, 2.05) is 6.07 Å². The molecule has 0 unspecified atom stereocenters. The number of hydrogen-bond donors (Lipinski definition) is 0. The summed E-state index contributed by atoms with van der Waals surface area (Å²) in [6.07, 6.45) is 1.18. The molecule has 16 heavy (non-hydrogen) atoms. The van der Waals surface area contributed by atoms with Gasteiger partial charge in [-0.15, -0.1) is 0 Å². The minimum Gasteiger partial charge on any atom is -0.229 e. The van der Waals surface area contributed by atoms with Gasteiger partial charge in [0.1, 0.15) is 0 Å². The third kappa shape index (κ3) is 1.93. The monoisotopic (exact) mass is 255 g/mol. The first kappa shape index (κ1) is 11.4. The Morgan fingerprint density at radius 3 is 2.25 bits per heavy atom. The number of rotatable bonds is 2. The first-order chi connectivity index (χ1) is 7.45. The highest BCUT2D eigenvalue weighted by Gasteiger charge is 2.57. The van der Waals surface area contributed by atoms with Crippen molar-refractivity contribution in [3.63, 3.8) is 0 Å². The standard InChI is InChI=1S/C11H10ClNO2S/c1-16(14,15)11-9(6-13)10(11)7-2-4-8(12)5-3-7/h2-5,9-11H,1H3/t9-,10-,11-/m1/s1. The molecule has 1 fully saturated rings. The summed E-state index contributed by atoms with van der Waals surface area (Å²) < 4.78 is 22.9. The van der Waals surface area contributed by atoms with E-state index in [1.165, 1.54) is 6.26 Å². The van der Waals surface area contributed by atoms with Crippen LogP contribution in [0.25, 0.3) is 0 Å². The van der Waals surface area contributed by atoms with Gasteiger partial charge in [0.2, 0.25) is 0 Å². The van der Waals surface area contributed by atoms with Crippen molar-refractivity contribution < 1.29 is 8.42 Å². The van der Waals surface area contributed by atoms with Gasteiger partial charge in [0, 0.05) is 17.2 Å². The fourth-order valence-corrected chi connectivity index (χ4v) is 3.71. The fourth-order valence-electron chi connectivity index (χ4n) is 2.05. The van der Waals surface area contributed by atoms with Crippen LogP contribution in [-0.2, 0) is 9.84 Å². The van der Waals surface area contributed by atoms with Gasteiger partial charge in [-0.25, -0.2) is 8.42 Å². The van der Waals surface area contributed by atoms with E-state index >= 15 is 0 Å². The molecule has 2 rings (SSSR count). The Balaban J connectivity index is 2.31. The highest BCUT2D eigenvalue weighted by Crippen LogP contribution is 2.51. The molecule has 0 saturated heterocycles. The molecule has 0 aromatic heterocycles. The van der Waals surface area contributed by atoms with E-state index in [-0.39, 0.29) is 5.92 Å². The molecule has 0 amide bonds. The average Bonchev–Trinajstić information content (AvgIpc) is 2.92. The summed E-state index contributed by atoms with van der Waals surface area (Å²) in [6, 6.07) is 9.03. The Morgan fingerprint density at radius 1 is 1.31 bits per heavy atom. The van der Waals surface area contributed by atoms with E-state index < -0.39 is 21.0 Å². The van der Waals surface area contributed by atoms with Crippen LogP contribution in [0.5, 0.6) is 0 Å². The average molecular weight is 256 g/mol. The number of hydrogen-bond acceptors (Lipinski definition) is 3. The number of sulfone groups is 1. The molecule has 3 nitrogen and oxygen atoms in total. The van der Waals surface area contributed by atoms with Crippen LogP contribution in [-0.4, -0.2) is 19.9 Å². The van der Waals surface area contributed by atoms with Crippen LogP contribution >= 0.6 is 11.6 Å². The molecule has 1 aliphatic rings. The lowest BCUT2D eigenvalue weighted by molar-refractivity contribution is 0.599. The fraction of sp³-hybridized carbons (Fsp3) is 0.364. The summed E-state index contributed by atoms with van der Waals surface area (Å²) in [5.74, 6) is -0.617. The SMILES string of the molecule is CS(=O)(=O)[C@@H]1[C@H](C#N)[C@H]1c1ccc(Cl)cc1. The van der Waals surface area contributed by atoms with Gasteiger partial charge < -0.3 is 0 Å². The summed E-state index contributed by atoms with van der Waals surface area (Å²) in [6.45, 7) is 0. The van der Waals surface area contributed by atoms with E-state index in [0.717, 1.165) is 5.56 Å². The van der Waals surface area contributed by atoms with Gasteiger partial charge in [0.25, 0.3) is 0 Å². The van der Waals surface area contributed by atoms with Crippen LogP contribution in [0, 0.1) is 17.2 Å². The lowest BCUT2D eigenvalue weighted by atomic mass is 10.1. The zero-order chi connectivity index (χ0) is 11.9. The van der Waals surface area contributed by atoms with Crippen molar-refractivity contribution in [1.29, 1.82) is 5.26 Å². The van der Waals surface area contributed by atoms with Gasteiger partial charge in [-0.3, -0.25) is 0 Å². The molecule has 0 spiro atoms. The van der Waals surface area contributed by atoms with Crippen LogP contribution in [0.2, 0.25) is 5.02 Å². The maximum Gasteiger partial charge on any atom is 0.152 e. The normalized spacial score (nSPS) is 28.4. The molecular formula is C11H10ClNO2S. The summed E-state index contributed by atoms with van der Waals surface area (Å²) in [4.78, 5) is 0. The summed E-state index contributed by atoms with van der Waals surface area (Å²) in [5.41, 5.74) is 0.867. The van der Waals surface area contributed by atoms with Crippen molar-refractivity contribution in [1.82, 2.24) is 0 Å². The highest BCUT2D eigenvalue weighted by atomic mass is 35.5. The summed E-state index contributed by atoms with van der Waals surface area (Å²) in [7, 11) is -3.15. The molecule has 5 heteroatoms. The second-order valence-corrected chi connectivity index (χ2v) is 6.67. The molecular weight excluding hydrogens is 246 g/mol. The largest absolute Gasteiger partial charge is 0.229 e. The quantitative estimate of drug-likeness (QED) is 0.812. The smallest absolute Gasteiger partial charge is 0.152 e. The Morgan fingerprint density at radius 2 is 1.88 bits per heavy atom. The molecule has 84 valence electrons. The predicted molar refractivity (Wildman–Crippen MR) is 61.9 cm³/mol. The topological polar surface area (TPSA) is 57.9 Å². The van der Waals surface area contributed by atoms with Crippen molar-refractivity contribution in [3.05, 3.63) is 34.9 Å². The summed E-state index contributed by atoms with van der Waals surface area (Å²) in [5, 5.41) is 8.93. The van der Waals surface area contributed by atoms with Crippen LogP contribution in [0.4, 0.5) is 0 Å². The molecule has 1 aromatic rings. The number of nitriles is 1. The molecule has 3 atom stereocenters. The van der Waals surface area contributed by atoms with Crippen molar-refractivity contribution in [2.75, 3.05) is 6.26 Å². The van der Waals surface area contributed by atoms with Gasteiger partial charge in [-0.2, -0.15) is 5.26 Å². The van der Waals surface area contributed by atoms with Crippen LogP contribution in [0.3, 0.4) is 0 Å². The molecule has 0 bridgehead atoms. The number of halogens is 1. The second kappa shape index (κ2) is 3.76. The lowest BCUT2D eigenvalue weighted by Gasteiger charge is -1.98. The van der Waals surface area contributed by atoms with E-state index in [4.69, 9.17) is 16.9 Å². The molecule has 0 aliphatic heterocycles. The van der Waals surface area contributed by atoms with Crippen LogP contribution in [0.15, 0.2) is 24.3 Å². The van der Waals surface area contributed by atoms with Gasteiger partial charge in [0.05, 0.1) is 17.2 Å². The van der Waals surface area contributed by atoms with E-state index in [1.54, 1.807) is 24.3 Å². The predicted octanol–water partition coefficient (Wildman–Crippen LogP) is 1.99. The van der Waals surface area contributed by atoms with Gasteiger partial charge in [-0.05, 0) is 17.7 Å². The van der Waals surface area contributed by atoms with E-state index in [2.05, 4.69) is 0 Å². The van der Waals surface area contributed by atoms with Gasteiger partial charge in [0.15, 0.2) is 9.84 Å². The van der Waals surface area contributed by atoms with Gasteiger partial charge >= 0.3 is 0 Å². The zero-order valence-electron chi connectivity index (χ0n) is 8.59. The molecule has 0 heterocycles. The molecule has 1 saturated carbocycles. The van der Waals surface area contributed by atoms with Crippen molar-refractivity contribution in [3.8, 4) is 6.07 Å². The minimum atomic E-state index is -3.15. The Hall–Kier alpha value is -1.05. The van der Waals surface area contributed by atoms with Crippen LogP contribution in [0.1, 0.15) is 11.5 Å². The number of benzene rings is 1. The van der Waals surface area contributed by atoms with Gasteiger partial charge in [-0.1, -0.05) is 23.7 Å². The molecule has 1 aliphatic carbocycles. The first-order valence-electron chi connectivity index (χ1n) is 4.79. The minimum absolute atomic E-state index is 0.197. The molecule has 0 radical (unpaired) electrons. The summed E-state index contributed by atoms with van der Waals surface area (Å²) >= 11 is 5.75. The zero-order valence-corrected chi connectivity index (χ0v) is 10.2. The highest BCUT2D eigenvalue weighted by molar-refractivity contribution is 7.91. The Kier molecular flexibility index (Phi) is 2.69. The number of nitrogens with zero attached hydrogens (tertiary/aromatic N) is 1. The van der Waals surface area contributed by atoms with Crippen molar-refractivity contribution in [2.45, 2.75) is 11.2 Å². The van der Waals surface area contributed by atoms with E-state index in [0.29, 0.717) is 5.02 Å². The van der Waals surface area contributed by atoms with Crippen molar-refractivity contribution >= 4 is 21.4 Å². The second-order valence-electron chi connectivity index (χ2n) is 4.03. The first-order valence-corrected chi connectivity index (χ1v) is 7.12. The van der Waals surface area contributed by atoms with Crippen molar-refractivity contribution in [2.24, 2.45) is 5.92 Å². The lowest BCUT2D eigenvalue weighted by Crippen LogP contribution is -2.06. The maximum absolute atomic E-state index is 11.4. The maximum atomic E-state index is 11.4. The molecule has 1 aromatic carbocycles. The third-order valence-electron chi connectivity index (χ3n) is 2.85. The Labute approximate surface area is 99.6 Å². The third-order valence-corrected chi connectivity index (χ3v) is 4.68. The molecule has 0 N–H and O–H groups in total. The Bertz CT molecular complexity index is 544.